The van der Waals surface area contributed by atoms with Crippen LogP contribution in [-0.4, -0.2) is 29.1 Å². The fourth-order valence-corrected chi connectivity index (χ4v) is 5.92. The van der Waals surface area contributed by atoms with Crippen molar-refractivity contribution in [2.75, 3.05) is 5.43 Å². The minimum absolute atomic E-state index is 0.0324. The molecule has 2 aromatic rings. The minimum Gasteiger partial charge on any atom is -0.291 e. The molecule has 2 bridgehead atoms. The van der Waals surface area contributed by atoms with E-state index in [1.165, 1.54) is 22.8 Å². The lowest BCUT2D eigenvalue weighted by Crippen LogP contribution is -2.67. The molecule has 4 fully saturated rings. The van der Waals surface area contributed by atoms with Crippen molar-refractivity contribution in [2.45, 2.75) is 49.1 Å². The number of sulfonamides is 1. The molecule has 0 atom stereocenters. The largest absolute Gasteiger partial charge is 0.350 e. The van der Waals surface area contributed by atoms with Crippen molar-refractivity contribution in [2.24, 2.45) is 11.8 Å². The lowest BCUT2D eigenvalue weighted by atomic mass is 9.50. The molecule has 2 N–H and O–H groups in total. The van der Waals surface area contributed by atoms with Crippen molar-refractivity contribution in [3.05, 3.63) is 51.7 Å². The number of hydrogen-bond acceptors (Lipinski definition) is 5. The maximum atomic E-state index is 13.0. The van der Waals surface area contributed by atoms with Gasteiger partial charge in [0.2, 0.25) is 10.0 Å². The van der Waals surface area contributed by atoms with Crippen molar-refractivity contribution in [3.8, 4) is 0 Å². The molecule has 4 saturated carbocycles. The summed E-state index contributed by atoms with van der Waals surface area (Å²) in [6, 6.07) is 4.20. The van der Waals surface area contributed by atoms with Gasteiger partial charge in [0, 0.05) is 12.1 Å². The summed E-state index contributed by atoms with van der Waals surface area (Å²) in [6.07, 6.45) is 5.45. The first-order valence-electron chi connectivity index (χ1n) is 9.98. The zero-order chi connectivity index (χ0) is 21.3. The van der Waals surface area contributed by atoms with Crippen molar-refractivity contribution in [3.63, 3.8) is 0 Å². The van der Waals surface area contributed by atoms with E-state index in [0.29, 0.717) is 28.6 Å². The Hall–Kier alpha value is -2.72. The first-order chi connectivity index (χ1) is 14.2. The Bertz CT molecular complexity index is 1300. The average Bonchev–Trinajstić information content (AvgIpc) is 3.48. The van der Waals surface area contributed by atoms with Gasteiger partial charge in [0.1, 0.15) is 0 Å². The molecule has 0 spiro atoms. The monoisotopic (exact) mass is 430 g/mol. The molecule has 0 radical (unpaired) electrons. The van der Waals surface area contributed by atoms with Crippen molar-refractivity contribution >= 4 is 26.8 Å². The Kier molecular flexibility index (Phi) is 4.10. The molecule has 1 amide bonds. The van der Waals surface area contributed by atoms with Gasteiger partial charge in [0.15, 0.2) is 0 Å². The van der Waals surface area contributed by atoms with E-state index < -0.39 is 27.2 Å². The van der Waals surface area contributed by atoms with E-state index in [1.54, 1.807) is 0 Å². The van der Waals surface area contributed by atoms with Crippen LogP contribution in [0.15, 0.2) is 45.3 Å². The smallest absolute Gasteiger partial charge is 0.291 e. The molecule has 0 unspecified atom stereocenters. The van der Waals surface area contributed by atoms with Gasteiger partial charge in [-0.1, -0.05) is 6.58 Å². The summed E-state index contributed by atoms with van der Waals surface area (Å²) < 4.78 is 30.6. The van der Waals surface area contributed by atoms with E-state index in [2.05, 4.69) is 16.7 Å². The lowest BCUT2D eigenvalue weighted by molar-refractivity contribution is -0.112. The van der Waals surface area contributed by atoms with Crippen LogP contribution >= 0.6 is 0 Å². The molecule has 4 aliphatic carbocycles. The Morgan fingerprint density at radius 2 is 1.93 bits per heavy atom. The number of carbonyl (C=O) groups excluding carboxylic acids is 1. The summed E-state index contributed by atoms with van der Waals surface area (Å²) in [6.45, 7) is 3.73. The number of nitrogens with zero attached hydrogens (tertiary/aromatic N) is 2. The van der Waals surface area contributed by atoms with Crippen LogP contribution in [0.4, 0.5) is 0 Å². The third-order valence-corrected chi connectivity index (χ3v) is 7.94. The van der Waals surface area contributed by atoms with Crippen LogP contribution in [0.2, 0.25) is 0 Å². The molecule has 0 saturated heterocycles. The van der Waals surface area contributed by atoms with E-state index in [9.17, 15) is 22.8 Å². The SMILES string of the molecule is C=CC(=O)Nn1c(=O)c2cc(S(=O)(=O)NC34CC(C3)C4)ccc2n(CC2CC2)c1=O. The van der Waals surface area contributed by atoms with Crippen LogP contribution in [0, 0.1) is 11.8 Å². The van der Waals surface area contributed by atoms with Crippen LogP contribution in [0.3, 0.4) is 0 Å². The molecule has 1 heterocycles. The summed E-state index contributed by atoms with van der Waals surface area (Å²) in [4.78, 5) is 37.6. The van der Waals surface area contributed by atoms with Gasteiger partial charge in [-0.05, 0) is 68.2 Å². The van der Waals surface area contributed by atoms with Gasteiger partial charge in [0.25, 0.3) is 11.5 Å². The van der Waals surface area contributed by atoms with Crippen LogP contribution in [-0.2, 0) is 21.4 Å². The summed E-state index contributed by atoms with van der Waals surface area (Å²) in [5.41, 5.74) is 0.783. The second kappa shape index (κ2) is 6.39. The van der Waals surface area contributed by atoms with Gasteiger partial charge in [-0.15, -0.1) is 0 Å². The predicted molar refractivity (Wildman–Crippen MR) is 110 cm³/mol. The third kappa shape index (κ3) is 3.02. The van der Waals surface area contributed by atoms with Crippen LogP contribution in [0.1, 0.15) is 32.1 Å². The summed E-state index contributed by atoms with van der Waals surface area (Å²) in [5.74, 6) is 0.226. The standard InChI is InChI=1S/C20H22N4O5S/c1-2-17(25)21-24-18(26)15-7-14(30(28,29)22-20-8-13(9-20)10-20)5-6-16(15)23(19(24)27)11-12-3-4-12/h2,5-7,12-13,22H,1,3-4,8-11H2,(H,21,25). The van der Waals surface area contributed by atoms with Gasteiger partial charge in [-0.2, -0.15) is 4.68 Å². The number of rotatable bonds is 7. The first kappa shape index (κ1) is 19.3. The van der Waals surface area contributed by atoms with Gasteiger partial charge in [-0.25, -0.2) is 17.9 Å². The Labute approximate surface area is 172 Å². The maximum Gasteiger partial charge on any atom is 0.350 e. The Balaban J connectivity index is 1.64. The van der Waals surface area contributed by atoms with Crippen molar-refractivity contribution < 1.29 is 13.2 Å². The van der Waals surface area contributed by atoms with Gasteiger partial charge in [0.05, 0.1) is 15.8 Å². The molecular weight excluding hydrogens is 408 g/mol. The third-order valence-electron chi connectivity index (χ3n) is 6.36. The Morgan fingerprint density at radius 3 is 2.50 bits per heavy atom. The first-order valence-corrected chi connectivity index (χ1v) is 11.5. The highest BCUT2D eigenvalue weighted by Crippen LogP contribution is 2.57. The quantitative estimate of drug-likeness (QED) is 0.626. The van der Waals surface area contributed by atoms with E-state index in [-0.39, 0.29) is 15.8 Å². The van der Waals surface area contributed by atoms with Crippen molar-refractivity contribution in [1.29, 1.82) is 0 Å². The highest BCUT2D eigenvalue weighted by Gasteiger charge is 2.58. The fourth-order valence-electron chi connectivity index (χ4n) is 4.46. The van der Waals surface area contributed by atoms with Crippen LogP contribution in [0.25, 0.3) is 10.9 Å². The van der Waals surface area contributed by atoms with Crippen LogP contribution < -0.4 is 21.4 Å². The van der Waals surface area contributed by atoms with E-state index in [0.717, 1.165) is 38.2 Å². The summed E-state index contributed by atoms with van der Waals surface area (Å²) >= 11 is 0. The zero-order valence-corrected chi connectivity index (χ0v) is 17.1. The van der Waals surface area contributed by atoms with Crippen LogP contribution in [0.5, 0.6) is 0 Å². The lowest BCUT2D eigenvalue weighted by Gasteiger charge is -2.61. The number of hydrogen-bond donors (Lipinski definition) is 2. The molecule has 1 aromatic heterocycles. The summed E-state index contributed by atoms with van der Waals surface area (Å²) in [5, 5.41) is 0.0556. The second-order valence-corrected chi connectivity index (χ2v) is 10.4. The number of benzene rings is 1. The number of aromatic nitrogens is 2. The van der Waals surface area contributed by atoms with E-state index in [1.807, 2.05) is 0 Å². The molecule has 30 heavy (non-hydrogen) atoms. The second-order valence-electron chi connectivity index (χ2n) is 8.70. The topological polar surface area (TPSA) is 119 Å². The summed E-state index contributed by atoms with van der Waals surface area (Å²) in [7, 11) is -3.81. The highest BCUT2D eigenvalue weighted by molar-refractivity contribution is 7.89. The molecule has 4 aliphatic rings. The van der Waals surface area contributed by atoms with Crippen molar-refractivity contribution in [1.82, 2.24) is 14.0 Å². The normalized spacial score (nSPS) is 24.7. The number of fused-ring (bicyclic) bond motifs is 1. The molecule has 158 valence electrons. The molecule has 0 aliphatic heterocycles. The Morgan fingerprint density at radius 1 is 1.23 bits per heavy atom. The van der Waals surface area contributed by atoms with Gasteiger partial charge < -0.3 is 0 Å². The number of carbonyl (C=O) groups is 1. The van der Waals surface area contributed by atoms with Gasteiger partial charge >= 0.3 is 5.69 Å². The van der Waals surface area contributed by atoms with E-state index >= 15 is 0 Å². The maximum absolute atomic E-state index is 13.0. The molecule has 1 aromatic carbocycles. The van der Waals surface area contributed by atoms with Gasteiger partial charge in [-0.3, -0.25) is 19.6 Å². The highest BCUT2D eigenvalue weighted by atomic mass is 32.2. The molecule has 10 heteroatoms. The fraction of sp³-hybridized carbons (Fsp3) is 0.450. The predicted octanol–water partition coefficient (Wildman–Crippen LogP) is 0.660. The molecule has 9 nitrogen and oxygen atoms in total. The molecule has 6 rings (SSSR count). The van der Waals surface area contributed by atoms with E-state index in [4.69, 9.17) is 0 Å². The molecular formula is C20H22N4O5S. The average molecular weight is 430 g/mol. The minimum atomic E-state index is -3.81. The zero-order valence-electron chi connectivity index (χ0n) is 16.3. The number of amides is 1. The number of nitrogens with one attached hydrogen (secondary N) is 2.